The molecule has 1 aromatic rings. The number of pyridine rings is 1. The molecular weight excluding hydrogens is 206 g/mol. The van der Waals surface area contributed by atoms with Crippen LogP contribution in [0.5, 0.6) is 0 Å². The molecule has 0 saturated heterocycles. The maximum atomic E-state index is 5.11. The van der Waals surface area contributed by atoms with E-state index in [4.69, 9.17) is 12.2 Å². The van der Waals surface area contributed by atoms with Gasteiger partial charge in [-0.15, -0.1) is 0 Å². The van der Waals surface area contributed by atoms with Crippen molar-refractivity contribution in [1.29, 1.82) is 0 Å². The highest BCUT2D eigenvalue weighted by Gasteiger charge is 1.99. The van der Waals surface area contributed by atoms with E-state index >= 15 is 0 Å². The summed E-state index contributed by atoms with van der Waals surface area (Å²) in [6.45, 7) is 5.75. The van der Waals surface area contributed by atoms with Crippen LogP contribution in [0.15, 0.2) is 18.3 Å². The summed E-state index contributed by atoms with van der Waals surface area (Å²) in [7, 11) is 0. The third-order valence-electron chi connectivity index (χ3n) is 2.07. The minimum atomic E-state index is 0.683. The van der Waals surface area contributed by atoms with Crippen molar-refractivity contribution in [2.45, 2.75) is 26.8 Å². The molecule has 2 N–H and O–H groups in total. The highest BCUT2D eigenvalue weighted by molar-refractivity contribution is 7.80. The van der Waals surface area contributed by atoms with E-state index in [0.29, 0.717) is 11.7 Å². The van der Waals surface area contributed by atoms with Gasteiger partial charge in [-0.2, -0.15) is 0 Å². The molecule has 0 aliphatic carbocycles. The molecule has 0 saturated carbocycles. The summed E-state index contributed by atoms with van der Waals surface area (Å²) in [5.74, 6) is 0. The first kappa shape index (κ1) is 11.9. The zero-order valence-corrected chi connectivity index (χ0v) is 10.0. The van der Waals surface area contributed by atoms with Crippen molar-refractivity contribution in [1.82, 2.24) is 15.6 Å². The second-order valence-corrected chi connectivity index (χ2v) is 3.78. The fraction of sp³-hybridized carbons (Fsp3) is 0.455. The highest BCUT2D eigenvalue weighted by atomic mass is 32.1. The molecule has 82 valence electrons. The molecule has 1 aromatic heterocycles. The van der Waals surface area contributed by atoms with E-state index < -0.39 is 0 Å². The Hall–Kier alpha value is -1.16. The lowest BCUT2D eigenvalue weighted by Crippen LogP contribution is -2.35. The Morgan fingerprint density at radius 3 is 2.93 bits per heavy atom. The predicted octanol–water partition coefficient (Wildman–Crippen LogP) is 1.76. The van der Waals surface area contributed by atoms with Gasteiger partial charge in [-0.25, -0.2) is 0 Å². The van der Waals surface area contributed by atoms with Gasteiger partial charge in [-0.05, 0) is 37.2 Å². The van der Waals surface area contributed by atoms with E-state index in [1.165, 1.54) is 5.56 Å². The smallest absolute Gasteiger partial charge is 0.166 e. The molecule has 15 heavy (non-hydrogen) atoms. The Balaban J connectivity index is 2.37. The van der Waals surface area contributed by atoms with Gasteiger partial charge in [-0.1, -0.05) is 13.0 Å². The Morgan fingerprint density at radius 2 is 2.27 bits per heavy atom. The quantitative estimate of drug-likeness (QED) is 0.763. The molecule has 0 spiro atoms. The summed E-state index contributed by atoms with van der Waals surface area (Å²) >= 11 is 5.11. The topological polar surface area (TPSA) is 37.0 Å². The molecule has 0 aliphatic rings. The normalized spacial score (nSPS) is 9.73. The second-order valence-electron chi connectivity index (χ2n) is 3.38. The highest BCUT2D eigenvalue weighted by Crippen LogP contribution is 2.01. The average molecular weight is 223 g/mol. The van der Waals surface area contributed by atoms with Crippen LogP contribution in [0, 0.1) is 6.92 Å². The van der Waals surface area contributed by atoms with Gasteiger partial charge in [0.1, 0.15) is 0 Å². The molecule has 4 heteroatoms. The van der Waals surface area contributed by atoms with Crippen molar-refractivity contribution in [3.8, 4) is 0 Å². The van der Waals surface area contributed by atoms with Gasteiger partial charge in [0.05, 0.1) is 12.2 Å². The van der Waals surface area contributed by atoms with Gasteiger partial charge in [0.15, 0.2) is 5.11 Å². The molecule has 0 fully saturated rings. The van der Waals surface area contributed by atoms with Crippen LogP contribution in [0.4, 0.5) is 0 Å². The lowest BCUT2D eigenvalue weighted by molar-refractivity contribution is 0.787. The van der Waals surface area contributed by atoms with Crippen molar-refractivity contribution < 1.29 is 0 Å². The summed E-state index contributed by atoms with van der Waals surface area (Å²) in [5, 5.41) is 6.94. The standard InChI is InChI=1S/C11H17N3S/c1-3-6-13-11(15)14-8-10-9(2)5-4-7-12-10/h4-5,7H,3,6,8H2,1-2H3,(H2,13,14,15). The van der Waals surface area contributed by atoms with Crippen molar-refractivity contribution in [2.75, 3.05) is 6.54 Å². The third kappa shape index (κ3) is 4.25. The second kappa shape index (κ2) is 6.35. The molecule has 1 heterocycles. The number of nitrogens with zero attached hydrogens (tertiary/aromatic N) is 1. The van der Waals surface area contributed by atoms with Crippen molar-refractivity contribution in [3.63, 3.8) is 0 Å². The predicted molar refractivity (Wildman–Crippen MR) is 66.7 cm³/mol. The zero-order valence-electron chi connectivity index (χ0n) is 9.21. The number of rotatable bonds is 4. The maximum Gasteiger partial charge on any atom is 0.166 e. The maximum absolute atomic E-state index is 5.11. The Bertz CT molecular complexity index is 325. The van der Waals surface area contributed by atoms with Crippen molar-refractivity contribution in [3.05, 3.63) is 29.6 Å². The lowest BCUT2D eigenvalue weighted by Gasteiger charge is -2.10. The third-order valence-corrected chi connectivity index (χ3v) is 2.36. The van der Waals surface area contributed by atoms with Crippen LogP contribution in [0.1, 0.15) is 24.6 Å². The Labute approximate surface area is 96.3 Å². The minimum Gasteiger partial charge on any atom is -0.363 e. The molecule has 0 amide bonds. The summed E-state index contributed by atoms with van der Waals surface area (Å²) in [4.78, 5) is 4.28. The number of nitrogens with one attached hydrogen (secondary N) is 2. The van der Waals surface area contributed by atoms with Gasteiger partial charge in [-0.3, -0.25) is 4.98 Å². The average Bonchev–Trinajstić information content (AvgIpc) is 2.25. The monoisotopic (exact) mass is 223 g/mol. The van der Waals surface area contributed by atoms with Gasteiger partial charge in [0, 0.05) is 12.7 Å². The molecule has 0 aromatic carbocycles. The van der Waals surface area contributed by atoms with Gasteiger partial charge >= 0.3 is 0 Å². The SMILES string of the molecule is CCCNC(=S)NCc1ncccc1C. The van der Waals surface area contributed by atoms with E-state index in [2.05, 4.69) is 22.5 Å². The molecule has 0 aliphatic heterocycles. The molecule has 3 nitrogen and oxygen atoms in total. The van der Waals surface area contributed by atoms with Crippen LogP contribution in [0.25, 0.3) is 0 Å². The number of aromatic nitrogens is 1. The van der Waals surface area contributed by atoms with E-state index in [1.807, 2.05) is 19.1 Å². The number of hydrogen-bond acceptors (Lipinski definition) is 2. The van der Waals surface area contributed by atoms with Gasteiger partial charge < -0.3 is 10.6 Å². The zero-order chi connectivity index (χ0) is 11.1. The molecule has 0 radical (unpaired) electrons. The molecule has 0 atom stereocenters. The largest absolute Gasteiger partial charge is 0.363 e. The summed E-state index contributed by atoms with van der Waals surface area (Å²) in [5.41, 5.74) is 2.22. The van der Waals surface area contributed by atoms with Crippen LogP contribution in [-0.4, -0.2) is 16.6 Å². The van der Waals surface area contributed by atoms with E-state index in [-0.39, 0.29) is 0 Å². The number of aryl methyl sites for hydroxylation is 1. The number of thiocarbonyl (C=S) groups is 1. The Kier molecular flexibility index (Phi) is 5.04. The van der Waals surface area contributed by atoms with Crippen LogP contribution in [-0.2, 0) is 6.54 Å². The molecule has 1 rings (SSSR count). The van der Waals surface area contributed by atoms with E-state index in [9.17, 15) is 0 Å². The number of hydrogen-bond donors (Lipinski definition) is 2. The summed E-state index contributed by atoms with van der Waals surface area (Å²) in [6, 6.07) is 3.99. The molecular formula is C11H17N3S. The molecule has 0 unspecified atom stereocenters. The van der Waals surface area contributed by atoms with Crippen molar-refractivity contribution in [2.24, 2.45) is 0 Å². The van der Waals surface area contributed by atoms with E-state index in [1.54, 1.807) is 6.20 Å². The minimum absolute atomic E-state index is 0.683. The van der Waals surface area contributed by atoms with E-state index in [0.717, 1.165) is 18.7 Å². The fourth-order valence-electron chi connectivity index (χ4n) is 1.17. The van der Waals surface area contributed by atoms with Crippen LogP contribution in [0.3, 0.4) is 0 Å². The van der Waals surface area contributed by atoms with Crippen LogP contribution in [0.2, 0.25) is 0 Å². The first-order valence-corrected chi connectivity index (χ1v) is 5.57. The first-order chi connectivity index (χ1) is 7.24. The van der Waals surface area contributed by atoms with Gasteiger partial charge in [0.2, 0.25) is 0 Å². The lowest BCUT2D eigenvalue weighted by atomic mass is 10.2. The van der Waals surface area contributed by atoms with Crippen LogP contribution >= 0.6 is 12.2 Å². The summed E-state index contributed by atoms with van der Waals surface area (Å²) < 4.78 is 0. The molecule has 0 bridgehead atoms. The van der Waals surface area contributed by atoms with Gasteiger partial charge in [0.25, 0.3) is 0 Å². The Morgan fingerprint density at radius 1 is 1.47 bits per heavy atom. The van der Waals surface area contributed by atoms with Crippen LogP contribution < -0.4 is 10.6 Å². The van der Waals surface area contributed by atoms with Crippen molar-refractivity contribution >= 4 is 17.3 Å². The summed E-state index contributed by atoms with van der Waals surface area (Å²) in [6.07, 6.45) is 2.87. The first-order valence-electron chi connectivity index (χ1n) is 5.16. The fourth-order valence-corrected chi connectivity index (χ4v) is 1.34.